The van der Waals surface area contributed by atoms with Gasteiger partial charge in [0.1, 0.15) is 0 Å². The summed E-state index contributed by atoms with van der Waals surface area (Å²) >= 11 is 0. The Balaban J connectivity index is 2.31. The SMILES string of the molecule is CN1C(=O)Cc2cccc(CCC(=O)O)c21. The van der Waals surface area contributed by atoms with Crippen molar-refractivity contribution in [3.05, 3.63) is 29.3 Å². The second-order valence-electron chi connectivity index (χ2n) is 3.95. The van der Waals surface area contributed by atoms with Crippen LogP contribution in [-0.2, 0) is 22.4 Å². The smallest absolute Gasteiger partial charge is 0.303 e. The molecule has 1 N–H and O–H groups in total. The number of amides is 1. The molecular weight excluding hydrogens is 206 g/mol. The van der Waals surface area contributed by atoms with Crippen molar-refractivity contribution in [3.63, 3.8) is 0 Å². The van der Waals surface area contributed by atoms with Crippen LogP contribution in [0.15, 0.2) is 18.2 Å². The first kappa shape index (κ1) is 10.7. The summed E-state index contributed by atoms with van der Waals surface area (Å²) in [7, 11) is 1.73. The fraction of sp³-hybridized carbons (Fsp3) is 0.333. The van der Waals surface area contributed by atoms with Gasteiger partial charge >= 0.3 is 5.97 Å². The quantitative estimate of drug-likeness (QED) is 0.831. The number of carboxylic acids is 1. The number of carbonyl (C=O) groups is 2. The molecule has 1 aromatic carbocycles. The van der Waals surface area contributed by atoms with Crippen LogP contribution in [0.2, 0.25) is 0 Å². The van der Waals surface area contributed by atoms with E-state index in [-0.39, 0.29) is 12.3 Å². The summed E-state index contributed by atoms with van der Waals surface area (Å²) in [5, 5.41) is 8.66. The van der Waals surface area contributed by atoms with Crippen molar-refractivity contribution in [2.24, 2.45) is 0 Å². The van der Waals surface area contributed by atoms with E-state index in [1.807, 2.05) is 18.2 Å². The van der Waals surface area contributed by atoms with Crippen LogP contribution in [0.5, 0.6) is 0 Å². The summed E-state index contributed by atoms with van der Waals surface area (Å²) in [6, 6.07) is 5.68. The molecule has 16 heavy (non-hydrogen) atoms. The Morgan fingerprint density at radius 2 is 2.25 bits per heavy atom. The molecule has 0 unspecified atom stereocenters. The Hall–Kier alpha value is -1.84. The number of fused-ring (bicyclic) bond motifs is 1. The predicted octanol–water partition coefficient (Wildman–Crippen LogP) is 1.22. The molecule has 0 aliphatic carbocycles. The van der Waals surface area contributed by atoms with Crippen LogP contribution in [-0.4, -0.2) is 24.0 Å². The van der Waals surface area contributed by atoms with Crippen molar-refractivity contribution in [1.82, 2.24) is 0 Å². The minimum Gasteiger partial charge on any atom is -0.481 e. The van der Waals surface area contributed by atoms with Crippen molar-refractivity contribution in [2.75, 3.05) is 11.9 Å². The standard InChI is InChI=1S/C12H13NO3/c1-13-10(14)7-9-4-2-3-8(12(9)13)5-6-11(15)16/h2-4H,5-7H2,1H3,(H,15,16). The highest BCUT2D eigenvalue weighted by atomic mass is 16.4. The molecule has 1 amide bonds. The topological polar surface area (TPSA) is 57.6 Å². The Morgan fingerprint density at radius 1 is 1.50 bits per heavy atom. The summed E-state index contributed by atoms with van der Waals surface area (Å²) < 4.78 is 0. The van der Waals surface area contributed by atoms with E-state index in [4.69, 9.17) is 5.11 Å². The van der Waals surface area contributed by atoms with E-state index in [1.165, 1.54) is 0 Å². The molecule has 2 rings (SSSR count). The highest BCUT2D eigenvalue weighted by Crippen LogP contribution is 2.31. The maximum Gasteiger partial charge on any atom is 0.303 e. The molecule has 1 heterocycles. The molecule has 1 aromatic rings. The molecule has 0 spiro atoms. The highest BCUT2D eigenvalue weighted by Gasteiger charge is 2.26. The number of hydrogen-bond donors (Lipinski definition) is 1. The molecule has 0 saturated heterocycles. The number of carbonyl (C=O) groups excluding carboxylic acids is 1. The lowest BCUT2D eigenvalue weighted by Gasteiger charge is -2.14. The van der Waals surface area contributed by atoms with Crippen LogP contribution in [0.25, 0.3) is 0 Å². The Labute approximate surface area is 93.5 Å². The lowest BCUT2D eigenvalue weighted by atomic mass is 10.0. The minimum absolute atomic E-state index is 0.0674. The summed E-state index contributed by atoms with van der Waals surface area (Å²) in [4.78, 5) is 23.7. The number of nitrogens with zero attached hydrogens (tertiary/aromatic N) is 1. The van der Waals surface area contributed by atoms with Gasteiger partial charge in [-0.1, -0.05) is 18.2 Å². The number of hydrogen-bond acceptors (Lipinski definition) is 2. The highest BCUT2D eigenvalue weighted by molar-refractivity contribution is 6.01. The number of anilines is 1. The zero-order valence-corrected chi connectivity index (χ0v) is 9.06. The van der Waals surface area contributed by atoms with Gasteiger partial charge < -0.3 is 10.0 Å². The number of carboxylic acid groups (broad SMARTS) is 1. The van der Waals surface area contributed by atoms with Gasteiger partial charge in [-0.2, -0.15) is 0 Å². The fourth-order valence-corrected chi connectivity index (χ4v) is 2.07. The molecule has 0 atom stereocenters. The van der Waals surface area contributed by atoms with Gasteiger partial charge in [-0.05, 0) is 17.5 Å². The number of aliphatic carboxylic acids is 1. The van der Waals surface area contributed by atoms with E-state index in [1.54, 1.807) is 11.9 Å². The molecule has 0 radical (unpaired) electrons. The average molecular weight is 219 g/mol. The van der Waals surface area contributed by atoms with Crippen LogP contribution in [0.4, 0.5) is 5.69 Å². The summed E-state index contributed by atoms with van der Waals surface area (Å²) in [5.41, 5.74) is 2.83. The van der Waals surface area contributed by atoms with Crippen LogP contribution in [0.1, 0.15) is 17.5 Å². The van der Waals surface area contributed by atoms with E-state index in [0.29, 0.717) is 12.8 Å². The molecule has 0 bridgehead atoms. The Morgan fingerprint density at radius 3 is 2.94 bits per heavy atom. The molecule has 4 nitrogen and oxygen atoms in total. The largest absolute Gasteiger partial charge is 0.481 e. The Bertz CT molecular complexity index is 454. The van der Waals surface area contributed by atoms with Gasteiger partial charge in [0, 0.05) is 13.5 Å². The third-order valence-electron chi connectivity index (χ3n) is 2.86. The second kappa shape index (κ2) is 3.96. The van der Waals surface area contributed by atoms with Crippen molar-refractivity contribution < 1.29 is 14.7 Å². The van der Waals surface area contributed by atoms with Gasteiger partial charge in [-0.15, -0.1) is 0 Å². The van der Waals surface area contributed by atoms with Crippen LogP contribution < -0.4 is 4.90 Å². The van der Waals surface area contributed by atoms with Crippen molar-refractivity contribution in [2.45, 2.75) is 19.3 Å². The second-order valence-corrected chi connectivity index (χ2v) is 3.95. The molecule has 0 saturated carbocycles. The predicted molar refractivity (Wildman–Crippen MR) is 59.5 cm³/mol. The van der Waals surface area contributed by atoms with Gasteiger partial charge in [-0.25, -0.2) is 0 Å². The van der Waals surface area contributed by atoms with E-state index in [2.05, 4.69) is 0 Å². The number of para-hydroxylation sites is 1. The van der Waals surface area contributed by atoms with Crippen LogP contribution in [0.3, 0.4) is 0 Å². The van der Waals surface area contributed by atoms with Gasteiger partial charge in [0.2, 0.25) is 5.91 Å². The zero-order chi connectivity index (χ0) is 11.7. The average Bonchev–Trinajstić information content (AvgIpc) is 2.52. The number of benzene rings is 1. The third-order valence-corrected chi connectivity index (χ3v) is 2.86. The number of likely N-dealkylation sites (N-methyl/N-ethyl adjacent to an activating group) is 1. The van der Waals surface area contributed by atoms with Crippen molar-refractivity contribution >= 4 is 17.6 Å². The van der Waals surface area contributed by atoms with E-state index in [0.717, 1.165) is 16.8 Å². The molecule has 4 heteroatoms. The first-order valence-corrected chi connectivity index (χ1v) is 5.18. The zero-order valence-electron chi connectivity index (χ0n) is 9.06. The van der Waals surface area contributed by atoms with E-state index < -0.39 is 5.97 Å². The van der Waals surface area contributed by atoms with Gasteiger partial charge in [-0.3, -0.25) is 9.59 Å². The van der Waals surface area contributed by atoms with Gasteiger partial charge in [0.25, 0.3) is 0 Å². The maximum atomic E-state index is 11.5. The van der Waals surface area contributed by atoms with Crippen LogP contribution >= 0.6 is 0 Å². The molecule has 0 aromatic heterocycles. The molecule has 0 fully saturated rings. The maximum absolute atomic E-state index is 11.5. The summed E-state index contributed by atoms with van der Waals surface area (Å²) in [6.45, 7) is 0. The first-order chi connectivity index (χ1) is 7.59. The molecule has 1 aliphatic rings. The van der Waals surface area contributed by atoms with E-state index in [9.17, 15) is 9.59 Å². The van der Waals surface area contributed by atoms with Crippen LogP contribution in [0, 0.1) is 0 Å². The van der Waals surface area contributed by atoms with Crippen molar-refractivity contribution in [1.29, 1.82) is 0 Å². The molecule has 84 valence electrons. The fourth-order valence-electron chi connectivity index (χ4n) is 2.07. The lowest BCUT2D eigenvalue weighted by molar-refractivity contribution is -0.136. The first-order valence-electron chi connectivity index (χ1n) is 5.18. The molecular formula is C12H13NO3. The van der Waals surface area contributed by atoms with E-state index >= 15 is 0 Å². The minimum atomic E-state index is -0.815. The molecule has 1 aliphatic heterocycles. The monoisotopic (exact) mass is 219 g/mol. The summed E-state index contributed by atoms with van der Waals surface area (Å²) in [6.07, 6.45) is 0.987. The normalized spacial score (nSPS) is 14.1. The number of aryl methyl sites for hydroxylation is 1. The Kier molecular flexibility index (Phi) is 2.64. The van der Waals surface area contributed by atoms with Gasteiger partial charge in [0.05, 0.1) is 12.1 Å². The lowest BCUT2D eigenvalue weighted by Crippen LogP contribution is -2.21. The van der Waals surface area contributed by atoms with Crippen molar-refractivity contribution in [3.8, 4) is 0 Å². The summed E-state index contributed by atoms with van der Waals surface area (Å²) in [5.74, 6) is -0.748. The number of rotatable bonds is 3. The van der Waals surface area contributed by atoms with Gasteiger partial charge in [0.15, 0.2) is 0 Å². The third kappa shape index (κ3) is 1.78.